The predicted molar refractivity (Wildman–Crippen MR) is 104 cm³/mol. The summed E-state index contributed by atoms with van der Waals surface area (Å²) in [5.74, 6) is 0.580. The summed E-state index contributed by atoms with van der Waals surface area (Å²) < 4.78 is 17.4. The van der Waals surface area contributed by atoms with Gasteiger partial charge in [0.15, 0.2) is 0 Å². The van der Waals surface area contributed by atoms with Crippen molar-refractivity contribution in [3.8, 4) is 0 Å². The Kier molecular flexibility index (Phi) is 4.99. The predicted octanol–water partition coefficient (Wildman–Crippen LogP) is 3.82. The fourth-order valence-electron chi connectivity index (χ4n) is 4.40. The van der Waals surface area contributed by atoms with Crippen molar-refractivity contribution in [1.29, 1.82) is 0 Å². The maximum Gasteiger partial charge on any atom is 0.227 e. The molecule has 4 rings (SSSR count). The maximum atomic E-state index is 13.0. The lowest BCUT2D eigenvalue weighted by molar-refractivity contribution is -0.176. The summed E-state index contributed by atoms with van der Waals surface area (Å²) in [4.78, 5) is 14.9. The Morgan fingerprint density at radius 3 is 2.89 bits per heavy atom. The number of aryl methyl sites for hydroxylation is 1. The van der Waals surface area contributed by atoms with Gasteiger partial charge in [-0.3, -0.25) is 4.79 Å². The van der Waals surface area contributed by atoms with E-state index in [-0.39, 0.29) is 11.5 Å². The summed E-state index contributed by atoms with van der Waals surface area (Å²) in [6.45, 7) is 9.72. The second-order valence-corrected chi connectivity index (χ2v) is 8.30. The standard InChI is InChI=1S/C22H29NO4/c1-15(2)18-11-19-17(12-26-20(19)9-16(18)3)10-21(24)23-6-8-27-22(13-23)5-4-7-25-14-22/h9,11-12,15H,4-8,10,13-14H2,1-3H3/t22-/m1/s1. The molecule has 3 heterocycles. The van der Waals surface area contributed by atoms with Crippen LogP contribution in [-0.2, 0) is 20.7 Å². The van der Waals surface area contributed by atoms with E-state index >= 15 is 0 Å². The van der Waals surface area contributed by atoms with Crippen molar-refractivity contribution in [3.63, 3.8) is 0 Å². The van der Waals surface area contributed by atoms with E-state index in [4.69, 9.17) is 13.9 Å². The van der Waals surface area contributed by atoms with Crippen molar-refractivity contribution in [3.05, 3.63) is 35.1 Å². The van der Waals surface area contributed by atoms with Gasteiger partial charge in [-0.05, 0) is 48.9 Å². The SMILES string of the molecule is Cc1cc2occ(CC(=O)N3CCO[C@]4(CCCOC4)C3)c2cc1C(C)C. The highest BCUT2D eigenvalue weighted by Gasteiger charge is 2.40. The molecule has 2 aliphatic rings. The lowest BCUT2D eigenvalue weighted by Crippen LogP contribution is -2.57. The zero-order chi connectivity index (χ0) is 19.0. The van der Waals surface area contributed by atoms with E-state index < -0.39 is 0 Å². The number of carbonyl (C=O) groups is 1. The number of amides is 1. The first-order valence-corrected chi connectivity index (χ1v) is 9.97. The molecule has 2 fully saturated rings. The van der Waals surface area contributed by atoms with Crippen molar-refractivity contribution in [1.82, 2.24) is 4.90 Å². The third-order valence-electron chi connectivity index (χ3n) is 5.89. The number of rotatable bonds is 3. The summed E-state index contributed by atoms with van der Waals surface area (Å²) in [6.07, 6.45) is 4.06. The van der Waals surface area contributed by atoms with Crippen LogP contribution in [0.1, 0.15) is 49.3 Å². The zero-order valence-electron chi connectivity index (χ0n) is 16.5. The molecular weight excluding hydrogens is 342 g/mol. The zero-order valence-corrected chi connectivity index (χ0v) is 16.5. The number of hydrogen-bond donors (Lipinski definition) is 0. The highest BCUT2D eigenvalue weighted by atomic mass is 16.5. The first kappa shape index (κ1) is 18.5. The quantitative estimate of drug-likeness (QED) is 0.823. The first-order valence-electron chi connectivity index (χ1n) is 9.97. The van der Waals surface area contributed by atoms with Gasteiger partial charge in [-0.15, -0.1) is 0 Å². The van der Waals surface area contributed by atoms with E-state index in [0.717, 1.165) is 36.0 Å². The molecule has 27 heavy (non-hydrogen) atoms. The highest BCUT2D eigenvalue weighted by molar-refractivity contribution is 5.88. The highest BCUT2D eigenvalue weighted by Crippen LogP contribution is 2.31. The molecule has 2 aliphatic heterocycles. The second kappa shape index (κ2) is 7.28. The average Bonchev–Trinajstić information content (AvgIpc) is 3.03. The van der Waals surface area contributed by atoms with Crippen molar-refractivity contribution in [2.24, 2.45) is 0 Å². The van der Waals surface area contributed by atoms with Gasteiger partial charge >= 0.3 is 0 Å². The van der Waals surface area contributed by atoms with Crippen molar-refractivity contribution in [2.45, 2.75) is 51.6 Å². The average molecular weight is 371 g/mol. The fourth-order valence-corrected chi connectivity index (χ4v) is 4.40. The second-order valence-electron chi connectivity index (χ2n) is 8.30. The van der Waals surface area contributed by atoms with E-state index in [0.29, 0.717) is 38.6 Å². The van der Waals surface area contributed by atoms with Gasteiger partial charge in [0.25, 0.3) is 0 Å². The smallest absolute Gasteiger partial charge is 0.227 e. The molecule has 0 N–H and O–H groups in total. The minimum Gasteiger partial charge on any atom is -0.464 e. The van der Waals surface area contributed by atoms with Crippen molar-refractivity contribution in [2.75, 3.05) is 32.9 Å². The molecule has 1 spiro atoms. The Labute approximate surface area is 160 Å². The van der Waals surface area contributed by atoms with Crippen molar-refractivity contribution >= 4 is 16.9 Å². The lowest BCUT2D eigenvalue weighted by Gasteiger charge is -2.44. The van der Waals surface area contributed by atoms with Gasteiger partial charge in [0.1, 0.15) is 11.2 Å². The van der Waals surface area contributed by atoms with Crippen LogP contribution in [0.2, 0.25) is 0 Å². The van der Waals surface area contributed by atoms with E-state index in [2.05, 4.69) is 32.9 Å². The Bertz CT molecular complexity index is 827. The number of morpholine rings is 1. The first-order chi connectivity index (χ1) is 13.0. The fraction of sp³-hybridized carbons (Fsp3) is 0.591. The monoisotopic (exact) mass is 371 g/mol. The van der Waals surface area contributed by atoms with E-state index in [1.54, 1.807) is 6.26 Å². The molecule has 1 amide bonds. The molecule has 1 aromatic carbocycles. The summed E-state index contributed by atoms with van der Waals surface area (Å²) in [5, 5.41) is 1.06. The van der Waals surface area contributed by atoms with Crippen LogP contribution in [0.4, 0.5) is 0 Å². The summed E-state index contributed by atoms with van der Waals surface area (Å²) in [5.41, 5.74) is 4.06. The van der Waals surface area contributed by atoms with E-state index in [1.807, 2.05) is 4.90 Å². The molecule has 5 heteroatoms. The molecule has 146 valence electrons. The molecule has 1 atom stereocenters. The number of ether oxygens (including phenoxy) is 2. The van der Waals surface area contributed by atoms with Gasteiger partial charge < -0.3 is 18.8 Å². The van der Waals surface area contributed by atoms with Crippen LogP contribution >= 0.6 is 0 Å². The Hall–Kier alpha value is -1.85. The normalized spacial score (nSPS) is 23.5. The maximum absolute atomic E-state index is 13.0. The molecule has 0 unspecified atom stereocenters. The molecule has 2 saturated heterocycles. The molecule has 0 aliphatic carbocycles. The number of hydrogen-bond acceptors (Lipinski definition) is 4. The Morgan fingerprint density at radius 1 is 1.30 bits per heavy atom. The van der Waals surface area contributed by atoms with Crippen LogP contribution in [0.5, 0.6) is 0 Å². The Morgan fingerprint density at radius 2 is 2.15 bits per heavy atom. The summed E-state index contributed by atoms with van der Waals surface area (Å²) >= 11 is 0. The molecule has 0 bridgehead atoms. The van der Waals surface area contributed by atoms with Crippen LogP contribution in [0, 0.1) is 6.92 Å². The summed E-state index contributed by atoms with van der Waals surface area (Å²) in [6, 6.07) is 4.28. The molecule has 0 saturated carbocycles. The van der Waals surface area contributed by atoms with Crippen LogP contribution in [0.15, 0.2) is 22.8 Å². The third-order valence-corrected chi connectivity index (χ3v) is 5.89. The van der Waals surface area contributed by atoms with Gasteiger partial charge in [0.2, 0.25) is 5.91 Å². The molecule has 2 aromatic rings. The minimum atomic E-state index is -0.313. The topological polar surface area (TPSA) is 51.9 Å². The summed E-state index contributed by atoms with van der Waals surface area (Å²) in [7, 11) is 0. The Balaban J connectivity index is 1.53. The number of furan rings is 1. The number of carbonyl (C=O) groups excluding carboxylic acids is 1. The van der Waals surface area contributed by atoms with Crippen LogP contribution < -0.4 is 0 Å². The van der Waals surface area contributed by atoms with E-state index in [9.17, 15) is 4.79 Å². The van der Waals surface area contributed by atoms with E-state index in [1.165, 1.54) is 11.1 Å². The van der Waals surface area contributed by atoms with Gasteiger partial charge in [-0.1, -0.05) is 13.8 Å². The molecule has 1 aromatic heterocycles. The molecule has 5 nitrogen and oxygen atoms in total. The third kappa shape index (κ3) is 3.63. The molecule has 0 radical (unpaired) electrons. The van der Waals surface area contributed by atoms with Gasteiger partial charge in [-0.25, -0.2) is 0 Å². The lowest BCUT2D eigenvalue weighted by atomic mass is 9.93. The van der Waals surface area contributed by atoms with Crippen LogP contribution in [0.3, 0.4) is 0 Å². The van der Waals surface area contributed by atoms with Gasteiger partial charge in [0.05, 0.1) is 32.4 Å². The van der Waals surface area contributed by atoms with Gasteiger partial charge in [-0.2, -0.15) is 0 Å². The number of nitrogens with zero attached hydrogens (tertiary/aromatic N) is 1. The number of benzene rings is 1. The minimum absolute atomic E-state index is 0.137. The van der Waals surface area contributed by atoms with Crippen LogP contribution in [0.25, 0.3) is 11.0 Å². The largest absolute Gasteiger partial charge is 0.464 e. The molecular formula is C22H29NO4. The van der Waals surface area contributed by atoms with Crippen molar-refractivity contribution < 1.29 is 18.7 Å². The number of fused-ring (bicyclic) bond motifs is 1. The van der Waals surface area contributed by atoms with Crippen LogP contribution in [-0.4, -0.2) is 49.3 Å². The van der Waals surface area contributed by atoms with Gasteiger partial charge in [0, 0.05) is 24.1 Å².